The highest BCUT2D eigenvalue weighted by atomic mass is 35.5. The third-order valence-electron chi connectivity index (χ3n) is 1.65. The summed E-state index contributed by atoms with van der Waals surface area (Å²) in [5.41, 5.74) is 1.07. The van der Waals surface area contributed by atoms with E-state index in [-0.39, 0.29) is 30.8 Å². The Labute approximate surface area is 102 Å². The molecule has 15 heavy (non-hydrogen) atoms. The normalized spacial score (nSPS) is 8.33. The first-order valence-electron chi connectivity index (χ1n) is 4.37. The van der Waals surface area contributed by atoms with Gasteiger partial charge in [-0.25, -0.2) is 0 Å². The maximum atomic E-state index is 11.0. The molecule has 0 atom stereocenters. The Bertz CT molecular complexity index is 267. The third-order valence-corrected chi connectivity index (χ3v) is 1.65. The summed E-state index contributed by atoms with van der Waals surface area (Å²) in [6, 6.07) is 3.81. The van der Waals surface area contributed by atoms with E-state index >= 15 is 0 Å². The van der Waals surface area contributed by atoms with E-state index < -0.39 is 0 Å². The molecule has 1 heterocycles. The molecule has 1 aromatic heterocycles. The van der Waals surface area contributed by atoms with E-state index in [1.165, 1.54) is 0 Å². The van der Waals surface area contributed by atoms with Gasteiger partial charge in [-0.1, -0.05) is 6.07 Å². The molecule has 0 spiro atoms. The van der Waals surface area contributed by atoms with Crippen molar-refractivity contribution < 1.29 is 9.53 Å². The Morgan fingerprint density at radius 1 is 1.47 bits per heavy atom. The fourth-order valence-corrected chi connectivity index (χ4v) is 1.03. The van der Waals surface area contributed by atoms with Gasteiger partial charge in [0.2, 0.25) is 0 Å². The molecule has 0 fully saturated rings. The summed E-state index contributed by atoms with van der Waals surface area (Å²) >= 11 is 0. The standard InChI is InChI=1S/C10H13NO2.2ClH/c1-2-13-10(12)6-5-9-4-3-7-11-8-9;;/h3-4,7-8H,2,5-6H2,1H3;2*1H. The number of rotatable bonds is 4. The number of aromatic nitrogens is 1. The Balaban J connectivity index is 0. The van der Waals surface area contributed by atoms with Crippen molar-refractivity contribution in [3.8, 4) is 0 Å². The lowest BCUT2D eigenvalue weighted by atomic mass is 10.2. The molecule has 5 heteroatoms. The van der Waals surface area contributed by atoms with Gasteiger partial charge in [0.1, 0.15) is 0 Å². The zero-order valence-electron chi connectivity index (χ0n) is 8.51. The molecule has 0 aliphatic rings. The van der Waals surface area contributed by atoms with Crippen molar-refractivity contribution in [2.24, 2.45) is 0 Å². The summed E-state index contributed by atoms with van der Waals surface area (Å²) in [7, 11) is 0. The van der Waals surface area contributed by atoms with Gasteiger partial charge in [0.05, 0.1) is 6.61 Å². The first kappa shape index (κ1) is 16.6. The van der Waals surface area contributed by atoms with Crippen molar-refractivity contribution in [3.63, 3.8) is 0 Å². The molecule has 1 rings (SSSR count). The summed E-state index contributed by atoms with van der Waals surface area (Å²) in [5, 5.41) is 0. The Morgan fingerprint density at radius 3 is 2.73 bits per heavy atom. The fourth-order valence-electron chi connectivity index (χ4n) is 1.03. The minimum atomic E-state index is -0.147. The molecule has 3 nitrogen and oxygen atoms in total. The Kier molecular flexibility index (Phi) is 10.8. The molecule has 0 aliphatic heterocycles. The van der Waals surface area contributed by atoms with Gasteiger partial charge in [-0.15, -0.1) is 24.8 Å². The van der Waals surface area contributed by atoms with E-state index in [0.29, 0.717) is 19.4 Å². The number of aryl methyl sites for hydroxylation is 1. The number of halogens is 2. The molecular formula is C10H15Cl2NO2. The number of hydrogen-bond acceptors (Lipinski definition) is 3. The Hall–Kier alpha value is -0.800. The Morgan fingerprint density at radius 2 is 2.20 bits per heavy atom. The first-order chi connectivity index (χ1) is 6.33. The lowest BCUT2D eigenvalue weighted by Gasteiger charge is -2.00. The summed E-state index contributed by atoms with van der Waals surface area (Å²) < 4.78 is 4.80. The zero-order valence-corrected chi connectivity index (χ0v) is 10.1. The summed E-state index contributed by atoms with van der Waals surface area (Å²) in [5.74, 6) is -0.147. The highest BCUT2D eigenvalue weighted by Gasteiger charge is 2.01. The van der Waals surface area contributed by atoms with E-state index in [1.807, 2.05) is 19.1 Å². The highest BCUT2D eigenvalue weighted by Crippen LogP contribution is 2.01. The molecule has 0 aliphatic carbocycles. The summed E-state index contributed by atoms with van der Waals surface area (Å²) in [6.07, 6.45) is 4.61. The fraction of sp³-hybridized carbons (Fsp3) is 0.400. The predicted molar refractivity (Wildman–Crippen MR) is 63.7 cm³/mol. The van der Waals surface area contributed by atoms with Gasteiger partial charge < -0.3 is 4.74 Å². The van der Waals surface area contributed by atoms with Crippen LogP contribution in [0.5, 0.6) is 0 Å². The third kappa shape index (κ3) is 7.17. The topological polar surface area (TPSA) is 39.2 Å². The average molecular weight is 252 g/mol. The van der Waals surface area contributed by atoms with Crippen LogP contribution in [-0.4, -0.2) is 17.6 Å². The number of carbonyl (C=O) groups excluding carboxylic acids is 1. The number of ether oxygens (including phenoxy) is 1. The molecule has 86 valence electrons. The number of pyridine rings is 1. The maximum Gasteiger partial charge on any atom is 0.306 e. The lowest BCUT2D eigenvalue weighted by molar-refractivity contribution is -0.143. The number of hydrogen-bond donors (Lipinski definition) is 0. The van der Waals surface area contributed by atoms with Crippen LogP contribution in [0.2, 0.25) is 0 Å². The van der Waals surface area contributed by atoms with E-state index in [9.17, 15) is 4.79 Å². The van der Waals surface area contributed by atoms with Crippen molar-refractivity contribution in [3.05, 3.63) is 30.1 Å². The molecule has 0 bridgehead atoms. The van der Waals surface area contributed by atoms with Crippen molar-refractivity contribution in [2.75, 3.05) is 6.61 Å². The van der Waals surface area contributed by atoms with Crippen LogP contribution in [0.15, 0.2) is 24.5 Å². The average Bonchev–Trinajstić information content (AvgIpc) is 2.17. The minimum Gasteiger partial charge on any atom is -0.466 e. The van der Waals surface area contributed by atoms with E-state index in [1.54, 1.807) is 12.4 Å². The second-order valence-electron chi connectivity index (χ2n) is 2.67. The predicted octanol–water partition coefficient (Wildman–Crippen LogP) is 2.42. The smallest absolute Gasteiger partial charge is 0.306 e. The molecule has 0 saturated heterocycles. The SMILES string of the molecule is CCOC(=O)CCc1cccnc1.Cl.Cl. The van der Waals surface area contributed by atoms with Gasteiger partial charge in [-0.3, -0.25) is 9.78 Å². The van der Waals surface area contributed by atoms with Gasteiger partial charge in [-0.05, 0) is 25.0 Å². The molecule has 0 unspecified atom stereocenters. The van der Waals surface area contributed by atoms with Crippen LogP contribution in [0.4, 0.5) is 0 Å². The number of esters is 1. The van der Waals surface area contributed by atoms with Crippen LogP contribution in [0.25, 0.3) is 0 Å². The molecular weight excluding hydrogens is 237 g/mol. The summed E-state index contributed by atoms with van der Waals surface area (Å²) in [6.45, 7) is 2.26. The number of nitrogens with zero attached hydrogens (tertiary/aromatic N) is 1. The van der Waals surface area contributed by atoms with E-state index in [2.05, 4.69) is 4.98 Å². The maximum absolute atomic E-state index is 11.0. The molecule has 0 N–H and O–H groups in total. The van der Waals surface area contributed by atoms with Gasteiger partial charge in [-0.2, -0.15) is 0 Å². The van der Waals surface area contributed by atoms with Crippen LogP contribution in [0.1, 0.15) is 18.9 Å². The van der Waals surface area contributed by atoms with Gasteiger partial charge in [0.15, 0.2) is 0 Å². The van der Waals surface area contributed by atoms with E-state index in [4.69, 9.17) is 4.74 Å². The van der Waals surface area contributed by atoms with Crippen molar-refractivity contribution in [1.29, 1.82) is 0 Å². The van der Waals surface area contributed by atoms with Crippen LogP contribution in [0.3, 0.4) is 0 Å². The molecule has 0 amide bonds. The zero-order chi connectivity index (χ0) is 9.52. The molecule has 0 aromatic carbocycles. The van der Waals surface area contributed by atoms with Crippen LogP contribution >= 0.6 is 24.8 Å². The molecule has 1 aromatic rings. The summed E-state index contributed by atoms with van der Waals surface area (Å²) in [4.78, 5) is 14.9. The highest BCUT2D eigenvalue weighted by molar-refractivity contribution is 5.85. The van der Waals surface area contributed by atoms with Crippen LogP contribution in [-0.2, 0) is 16.0 Å². The lowest BCUT2D eigenvalue weighted by Crippen LogP contribution is -2.05. The minimum absolute atomic E-state index is 0. The second kappa shape index (κ2) is 9.74. The van der Waals surface area contributed by atoms with Gasteiger partial charge in [0.25, 0.3) is 0 Å². The molecule has 0 radical (unpaired) electrons. The van der Waals surface area contributed by atoms with Crippen molar-refractivity contribution in [2.45, 2.75) is 19.8 Å². The largest absolute Gasteiger partial charge is 0.466 e. The van der Waals surface area contributed by atoms with Crippen molar-refractivity contribution in [1.82, 2.24) is 4.98 Å². The van der Waals surface area contributed by atoms with E-state index in [0.717, 1.165) is 5.56 Å². The molecule has 0 saturated carbocycles. The van der Waals surface area contributed by atoms with Gasteiger partial charge >= 0.3 is 5.97 Å². The van der Waals surface area contributed by atoms with Crippen LogP contribution in [0, 0.1) is 0 Å². The van der Waals surface area contributed by atoms with Crippen LogP contribution < -0.4 is 0 Å². The van der Waals surface area contributed by atoms with Crippen molar-refractivity contribution >= 4 is 30.8 Å². The first-order valence-corrected chi connectivity index (χ1v) is 4.37. The monoisotopic (exact) mass is 251 g/mol. The van der Waals surface area contributed by atoms with Gasteiger partial charge in [0, 0.05) is 18.8 Å². The quantitative estimate of drug-likeness (QED) is 0.772. The number of carbonyl (C=O) groups is 1. The second-order valence-corrected chi connectivity index (χ2v) is 2.67.